The minimum atomic E-state index is -0.449. The maximum atomic E-state index is 11.8. The van der Waals surface area contributed by atoms with Gasteiger partial charge in [0.1, 0.15) is 6.61 Å². The molecule has 0 heterocycles. The van der Waals surface area contributed by atoms with Crippen LogP contribution in [0, 0.1) is 0 Å². The number of carbonyl (C=O) groups is 2. The van der Waals surface area contributed by atoms with E-state index in [0.29, 0.717) is 12.4 Å². The molecule has 8 nitrogen and oxygen atoms in total. The lowest BCUT2D eigenvalue weighted by atomic mass is 10.2. The number of esters is 1. The van der Waals surface area contributed by atoms with Gasteiger partial charge in [-0.3, -0.25) is 9.59 Å². The first-order valence-electron chi connectivity index (χ1n) is 8.35. The second kappa shape index (κ2) is 12.1. The van der Waals surface area contributed by atoms with Gasteiger partial charge in [-0.25, -0.2) is 0 Å². The number of phenolic OH excluding ortho intramolecular Hbond substituents is 1. The zero-order valence-electron chi connectivity index (χ0n) is 15.4. The Morgan fingerprint density at radius 2 is 1.96 bits per heavy atom. The van der Waals surface area contributed by atoms with Crippen LogP contribution in [0.2, 0.25) is 0 Å². The summed E-state index contributed by atoms with van der Waals surface area (Å²) in [6.07, 6.45) is 0.0254. The van der Waals surface area contributed by atoms with Gasteiger partial charge < -0.3 is 29.4 Å². The van der Waals surface area contributed by atoms with E-state index < -0.39 is 5.97 Å². The number of carbonyl (C=O) groups excluding carboxylic acids is 2. The van der Waals surface area contributed by atoms with Gasteiger partial charge in [0, 0.05) is 20.1 Å². The first-order valence-corrected chi connectivity index (χ1v) is 8.35. The Morgan fingerprint density at radius 1 is 1.19 bits per heavy atom. The van der Waals surface area contributed by atoms with E-state index in [9.17, 15) is 14.7 Å². The van der Waals surface area contributed by atoms with Crippen molar-refractivity contribution in [3.63, 3.8) is 0 Å². The highest BCUT2D eigenvalue weighted by atomic mass is 16.6. The highest BCUT2D eigenvalue weighted by Gasteiger charge is 2.09. The largest absolute Gasteiger partial charge is 0.504 e. The number of aromatic hydroxyl groups is 1. The molecule has 0 aromatic heterocycles. The summed E-state index contributed by atoms with van der Waals surface area (Å²) in [6.45, 7) is 3.01. The van der Waals surface area contributed by atoms with Crippen molar-refractivity contribution in [3.05, 3.63) is 23.8 Å². The summed E-state index contributed by atoms with van der Waals surface area (Å²) in [5, 5.41) is 12.2. The fraction of sp³-hybridized carbons (Fsp3) is 0.556. The summed E-state index contributed by atoms with van der Waals surface area (Å²) >= 11 is 0. The van der Waals surface area contributed by atoms with Crippen LogP contribution in [0.25, 0.3) is 0 Å². The zero-order valence-corrected chi connectivity index (χ0v) is 15.4. The van der Waals surface area contributed by atoms with Crippen LogP contribution in [-0.4, -0.2) is 57.1 Å². The van der Waals surface area contributed by atoms with Gasteiger partial charge in [-0.1, -0.05) is 6.07 Å². The van der Waals surface area contributed by atoms with Crippen molar-refractivity contribution >= 4 is 11.9 Å². The second-order valence-electron chi connectivity index (χ2n) is 5.62. The van der Waals surface area contributed by atoms with Crippen LogP contribution in [0.5, 0.6) is 11.5 Å². The summed E-state index contributed by atoms with van der Waals surface area (Å²) in [4.78, 5) is 23.4. The van der Waals surface area contributed by atoms with E-state index in [1.165, 1.54) is 13.2 Å². The maximum absolute atomic E-state index is 11.8. The van der Waals surface area contributed by atoms with Crippen molar-refractivity contribution in [1.29, 1.82) is 0 Å². The lowest BCUT2D eigenvalue weighted by molar-refractivity contribution is -0.146. The van der Waals surface area contributed by atoms with Crippen molar-refractivity contribution in [2.24, 2.45) is 0 Å². The van der Waals surface area contributed by atoms with Crippen molar-refractivity contribution in [2.45, 2.75) is 32.4 Å². The number of phenols is 1. The minimum Gasteiger partial charge on any atom is -0.504 e. The molecule has 8 heteroatoms. The molecule has 1 amide bonds. The molecule has 26 heavy (non-hydrogen) atoms. The predicted molar refractivity (Wildman–Crippen MR) is 94.0 cm³/mol. The van der Waals surface area contributed by atoms with Crippen LogP contribution < -0.4 is 10.1 Å². The predicted octanol–water partition coefficient (Wildman–Crippen LogP) is 1.39. The Balaban J connectivity index is 2.16. The van der Waals surface area contributed by atoms with E-state index in [4.69, 9.17) is 18.9 Å². The van der Waals surface area contributed by atoms with E-state index in [-0.39, 0.29) is 50.4 Å². The van der Waals surface area contributed by atoms with Crippen LogP contribution in [0.4, 0.5) is 0 Å². The van der Waals surface area contributed by atoms with Gasteiger partial charge in [-0.05, 0) is 24.6 Å². The third kappa shape index (κ3) is 8.68. The van der Waals surface area contributed by atoms with Gasteiger partial charge in [-0.15, -0.1) is 0 Å². The Bertz CT molecular complexity index is 577. The summed E-state index contributed by atoms with van der Waals surface area (Å²) < 4.78 is 20.3. The molecular formula is C18H27NO7. The maximum Gasteiger partial charge on any atom is 0.306 e. The minimum absolute atomic E-state index is 0.000788. The van der Waals surface area contributed by atoms with Gasteiger partial charge in [0.25, 0.3) is 0 Å². The third-order valence-electron chi connectivity index (χ3n) is 3.54. The van der Waals surface area contributed by atoms with Gasteiger partial charge in [0.15, 0.2) is 11.5 Å². The molecule has 1 rings (SSSR count). The highest BCUT2D eigenvalue weighted by molar-refractivity contribution is 5.81. The van der Waals surface area contributed by atoms with Gasteiger partial charge in [-0.2, -0.15) is 0 Å². The molecule has 146 valence electrons. The summed E-state index contributed by atoms with van der Waals surface area (Å²) in [5.41, 5.74) is 0.776. The van der Waals surface area contributed by atoms with Crippen LogP contribution >= 0.6 is 0 Å². The average Bonchev–Trinajstić information content (AvgIpc) is 2.65. The molecule has 1 aromatic carbocycles. The summed E-state index contributed by atoms with van der Waals surface area (Å²) in [7, 11) is 3.05. The van der Waals surface area contributed by atoms with Crippen molar-refractivity contribution < 1.29 is 33.6 Å². The van der Waals surface area contributed by atoms with Crippen molar-refractivity contribution in [3.8, 4) is 11.5 Å². The first-order chi connectivity index (χ1) is 12.5. The molecule has 0 spiro atoms. The number of amides is 1. The van der Waals surface area contributed by atoms with E-state index in [1.54, 1.807) is 19.2 Å². The van der Waals surface area contributed by atoms with E-state index >= 15 is 0 Å². The number of nitrogens with one attached hydrogen (secondary N) is 1. The van der Waals surface area contributed by atoms with Gasteiger partial charge >= 0.3 is 5.97 Å². The number of hydrogen-bond donors (Lipinski definition) is 2. The Labute approximate surface area is 153 Å². The molecule has 2 N–H and O–H groups in total. The quantitative estimate of drug-likeness (QED) is 0.424. The zero-order chi connectivity index (χ0) is 19.4. The van der Waals surface area contributed by atoms with Crippen molar-refractivity contribution in [2.75, 3.05) is 34.0 Å². The molecule has 1 unspecified atom stereocenters. The Hall–Kier alpha value is -2.32. The Kier molecular flexibility index (Phi) is 10.1. The van der Waals surface area contributed by atoms with Crippen molar-refractivity contribution in [1.82, 2.24) is 5.32 Å². The lowest BCUT2D eigenvalue weighted by Gasteiger charge is -2.10. The van der Waals surface area contributed by atoms with Gasteiger partial charge in [0.2, 0.25) is 5.91 Å². The van der Waals surface area contributed by atoms with E-state index in [0.717, 1.165) is 5.56 Å². The Morgan fingerprint density at radius 3 is 2.65 bits per heavy atom. The number of rotatable bonds is 12. The SMILES string of the molecule is COc1cc(CNC(=O)CCC(=O)OCCOCC(C)OC)ccc1O. The van der Waals surface area contributed by atoms with Crippen LogP contribution in [-0.2, 0) is 30.3 Å². The fourth-order valence-electron chi connectivity index (χ4n) is 1.94. The first kappa shape index (κ1) is 21.7. The molecule has 0 aliphatic rings. The monoisotopic (exact) mass is 369 g/mol. The van der Waals surface area contributed by atoms with E-state index in [1.807, 2.05) is 6.92 Å². The fourth-order valence-corrected chi connectivity index (χ4v) is 1.94. The molecule has 0 aliphatic carbocycles. The second-order valence-corrected chi connectivity index (χ2v) is 5.62. The number of benzene rings is 1. The summed E-state index contributed by atoms with van der Waals surface area (Å²) in [6, 6.07) is 4.80. The topological polar surface area (TPSA) is 103 Å². The smallest absolute Gasteiger partial charge is 0.306 e. The third-order valence-corrected chi connectivity index (χ3v) is 3.54. The molecule has 0 fully saturated rings. The molecule has 1 aromatic rings. The number of hydrogen-bond acceptors (Lipinski definition) is 7. The average molecular weight is 369 g/mol. The summed E-state index contributed by atoms with van der Waals surface area (Å²) in [5.74, 6) is -0.345. The molecular weight excluding hydrogens is 342 g/mol. The molecule has 0 radical (unpaired) electrons. The number of ether oxygens (including phenoxy) is 4. The molecule has 0 aliphatic heterocycles. The standard InChI is InChI=1S/C18H27NO7/c1-13(23-2)12-25-8-9-26-18(22)7-6-17(21)19-11-14-4-5-15(20)16(10-14)24-3/h4-5,10,13,20H,6-9,11-12H2,1-3H3,(H,19,21). The molecule has 0 saturated carbocycles. The lowest BCUT2D eigenvalue weighted by Crippen LogP contribution is -2.24. The van der Waals surface area contributed by atoms with Crippen LogP contribution in [0.1, 0.15) is 25.3 Å². The van der Waals surface area contributed by atoms with Gasteiger partial charge in [0.05, 0.1) is 32.8 Å². The number of methoxy groups -OCH3 is 2. The normalized spacial score (nSPS) is 11.7. The van der Waals surface area contributed by atoms with Crippen LogP contribution in [0.3, 0.4) is 0 Å². The van der Waals surface area contributed by atoms with Crippen LogP contribution in [0.15, 0.2) is 18.2 Å². The molecule has 1 atom stereocenters. The highest BCUT2D eigenvalue weighted by Crippen LogP contribution is 2.26. The van der Waals surface area contributed by atoms with E-state index in [2.05, 4.69) is 5.32 Å². The molecule has 0 bridgehead atoms. The molecule has 0 saturated heterocycles.